The van der Waals surface area contributed by atoms with Gasteiger partial charge in [-0.2, -0.15) is 0 Å². The Morgan fingerprint density at radius 1 is 0.958 bits per heavy atom. The number of hydrogen-bond donors (Lipinski definition) is 1. The number of rotatable bonds is 6. The monoisotopic (exact) mass is 324 g/mol. The molecular weight excluding hydrogens is 294 g/mol. The molecule has 128 valence electrons. The maximum Gasteiger partial charge on any atom is 0.162 e. The highest BCUT2D eigenvalue weighted by Crippen LogP contribution is 2.44. The van der Waals surface area contributed by atoms with Crippen LogP contribution in [0.5, 0.6) is 0 Å². The normalized spacial score (nSPS) is 25.5. The Morgan fingerprint density at radius 3 is 1.79 bits per heavy atom. The Labute approximate surface area is 146 Å². The first-order valence-corrected chi connectivity index (χ1v) is 9.07. The topological polar surface area (TPSA) is 20.2 Å². The summed E-state index contributed by atoms with van der Waals surface area (Å²) in [6, 6.07) is 21.7. The molecule has 0 aliphatic carbocycles. The van der Waals surface area contributed by atoms with E-state index < -0.39 is 5.60 Å². The van der Waals surface area contributed by atoms with E-state index in [1.165, 1.54) is 11.1 Å². The van der Waals surface area contributed by atoms with Gasteiger partial charge in [-0.1, -0.05) is 74.5 Å². The van der Waals surface area contributed by atoms with Gasteiger partial charge in [-0.25, -0.2) is 0 Å². The van der Waals surface area contributed by atoms with E-state index in [-0.39, 0.29) is 6.04 Å². The molecule has 2 atom stereocenters. The summed E-state index contributed by atoms with van der Waals surface area (Å²) in [6.07, 6.45) is 1.06. The molecule has 2 nitrogen and oxygen atoms in total. The van der Waals surface area contributed by atoms with Gasteiger partial charge >= 0.3 is 0 Å². The maximum absolute atomic E-state index is 10.9. The number of benzene rings is 2. The molecule has 0 radical (unpaired) electrons. The fourth-order valence-corrected chi connectivity index (χ4v) is 4.54. The molecule has 2 aromatic rings. The van der Waals surface area contributed by atoms with Crippen molar-refractivity contribution in [2.45, 2.75) is 51.9 Å². The van der Waals surface area contributed by atoms with E-state index in [1.54, 1.807) is 0 Å². The Kier molecular flexibility index (Phi) is 4.80. The second-order valence-electron chi connectivity index (χ2n) is 8.17. The van der Waals surface area contributed by atoms with Gasteiger partial charge in [-0.05, 0) is 12.8 Å². The van der Waals surface area contributed by atoms with E-state index in [2.05, 4.69) is 74.5 Å². The van der Waals surface area contributed by atoms with Crippen molar-refractivity contribution in [3.05, 3.63) is 71.8 Å². The molecule has 1 aliphatic heterocycles. The van der Waals surface area contributed by atoms with E-state index in [9.17, 15) is 5.11 Å². The molecule has 0 saturated carbocycles. The van der Waals surface area contributed by atoms with Crippen molar-refractivity contribution >= 4 is 0 Å². The first-order chi connectivity index (χ1) is 11.4. The van der Waals surface area contributed by atoms with Gasteiger partial charge in [-0.15, -0.1) is 0 Å². The average Bonchev–Trinajstić information content (AvgIpc) is 2.54. The van der Waals surface area contributed by atoms with Gasteiger partial charge in [0.1, 0.15) is 25.7 Å². The van der Waals surface area contributed by atoms with Crippen LogP contribution in [0.25, 0.3) is 0 Å². The van der Waals surface area contributed by atoms with Crippen molar-refractivity contribution < 1.29 is 9.59 Å². The van der Waals surface area contributed by atoms with Gasteiger partial charge < -0.3 is 9.59 Å². The molecular formula is C22H30NO+. The van der Waals surface area contributed by atoms with Crippen LogP contribution in [0, 0.1) is 5.92 Å². The van der Waals surface area contributed by atoms with Crippen LogP contribution in [0.15, 0.2) is 60.7 Å². The van der Waals surface area contributed by atoms with E-state index in [0.717, 1.165) is 30.5 Å². The van der Waals surface area contributed by atoms with E-state index >= 15 is 0 Å². The third-order valence-electron chi connectivity index (χ3n) is 5.39. The van der Waals surface area contributed by atoms with Gasteiger partial charge in [0.05, 0.1) is 0 Å². The summed E-state index contributed by atoms with van der Waals surface area (Å²) in [6.45, 7) is 9.34. The number of aliphatic hydroxyl groups is 1. The highest BCUT2D eigenvalue weighted by atomic mass is 16.3. The lowest BCUT2D eigenvalue weighted by Gasteiger charge is -2.61. The molecule has 1 aliphatic rings. The number of nitrogens with zero attached hydrogens (tertiary/aromatic N) is 1. The van der Waals surface area contributed by atoms with Gasteiger partial charge in [0.25, 0.3) is 0 Å². The molecule has 0 spiro atoms. The largest absolute Gasteiger partial charge is 0.379 e. The summed E-state index contributed by atoms with van der Waals surface area (Å²) in [4.78, 5) is 0. The summed E-state index contributed by atoms with van der Waals surface area (Å²) in [5.41, 5.74) is 2.16. The molecule has 1 saturated heterocycles. The molecule has 1 N–H and O–H groups in total. The summed E-state index contributed by atoms with van der Waals surface area (Å²) in [7, 11) is 0. The van der Waals surface area contributed by atoms with Crippen LogP contribution < -0.4 is 0 Å². The zero-order chi connectivity index (χ0) is 17.2. The number of hydrogen-bond acceptors (Lipinski definition) is 1. The first-order valence-electron chi connectivity index (χ1n) is 9.07. The average molecular weight is 324 g/mol. The van der Waals surface area contributed by atoms with Crippen LogP contribution in [0.4, 0.5) is 0 Å². The van der Waals surface area contributed by atoms with Crippen LogP contribution >= 0.6 is 0 Å². The lowest BCUT2D eigenvalue weighted by atomic mass is 9.76. The van der Waals surface area contributed by atoms with Crippen LogP contribution in [0.3, 0.4) is 0 Å². The second-order valence-corrected chi connectivity index (χ2v) is 8.17. The summed E-state index contributed by atoms with van der Waals surface area (Å²) < 4.78 is 0.958. The fraction of sp³-hybridized carbons (Fsp3) is 0.455. The smallest absolute Gasteiger partial charge is 0.162 e. The van der Waals surface area contributed by atoms with Crippen molar-refractivity contribution in [1.82, 2.24) is 0 Å². The SMILES string of the molecule is CC(C)C[C@H]1[C@@](C)(O)C[N+]1(Cc1ccccc1)Cc1ccccc1. The van der Waals surface area contributed by atoms with Crippen molar-refractivity contribution in [1.29, 1.82) is 0 Å². The van der Waals surface area contributed by atoms with Crippen LogP contribution in [0.2, 0.25) is 0 Å². The number of likely N-dealkylation sites (tertiary alicyclic amines) is 1. The molecule has 0 aromatic heterocycles. The Balaban J connectivity index is 1.91. The maximum atomic E-state index is 10.9. The Morgan fingerprint density at radius 2 is 1.42 bits per heavy atom. The third-order valence-corrected chi connectivity index (χ3v) is 5.39. The summed E-state index contributed by atoms with van der Waals surface area (Å²) in [5, 5.41) is 10.9. The van der Waals surface area contributed by atoms with Crippen molar-refractivity contribution in [3.8, 4) is 0 Å². The molecule has 2 heteroatoms. The zero-order valence-electron chi connectivity index (χ0n) is 15.2. The molecule has 0 bridgehead atoms. The predicted molar refractivity (Wildman–Crippen MR) is 99.3 cm³/mol. The zero-order valence-corrected chi connectivity index (χ0v) is 15.2. The third kappa shape index (κ3) is 3.55. The fourth-order valence-electron chi connectivity index (χ4n) is 4.54. The van der Waals surface area contributed by atoms with Gasteiger partial charge in [0.15, 0.2) is 5.60 Å². The summed E-state index contributed by atoms with van der Waals surface area (Å²) in [5.74, 6) is 0.589. The predicted octanol–water partition coefficient (Wildman–Crippen LogP) is 4.38. The van der Waals surface area contributed by atoms with Crippen molar-refractivity contribution in [2.24, 2.45) is 5.92 Å². The summed E-state index contributed by atoms with van der Waals surface area (Å²) >= 11 is 0. The molecule has 24 heavy (non-hydrogen) atoms. The van der Waals surface area contributed by atoms with E-state index in [0.29, 0.717) is 5.92 Å². The molecule has 0 unspecified atom stereocenters. The lowest BCUT2D eigenvalue weighted by molar-refractivity contribution is -1.03. The van der Waals surface area contributed by atoms with E-state index in [4.69, 9.17) is 0 Å². The Bertz CT molecular complexity index is 607. The van der Waals surface area contributed by atoms with Crippen LogP contribution in [0.1, 0.15) is 38.3 Å². The molecule has 1 heterocycles. The van der Waals surface area contributed by atoms with Crippen LogP contribution in [-0.4, -0.2) is 27.8 Å². The molecule has 1 fully saturated rings. The standard InChI is InChI=1S/C22H30NO/c1-18(2)14-21-22(3,24)17-23(21,15-19-10-6-4-7-11-19)16-20-12-8-5-9-13-20/h4-13,18,21,24H,14-17H2,1-3H3/q+1/t21-,22-/m0/s1. The van der Waals surface area contributed by atoms with Gasteiger partial charge in [0.2, 0.25) is 0 Å². The van der Waals surface area contributed by atoms with E-state index in [1.807, 2.05) is 6.92 Å². The molecule has 0 amide bonds. The highest BCUT2D eigenvalue weighted by molar-refractivity contribution is 5.16. The first kappa shape index (κ1) is 17.2. The van der Waals surface area contributed by atoms with Crippen LogP contribution in [-0.2, 0) is 13.1 Å². The Hall–Kier alpha value is -1.64. The number of quaternary nitrogens is 1. The molecule has 2 aromatic carbocycles. The van der Waals surface area contributed by atoms with Gasteiger partial charge in [-0.3, -0.25) is 0 Å². The van der Waals surface area contributed by atoms with Gasteiger partial charge in [0, 0.05) is 17.5 Å². The lowest BCUT2D eigenvalue weighted by Crippen LogP contribution is -2.78. The minimum atomic E-state index is -0.562. The quantitative estimate of drug-likeness (QED) is 0.782. The van der Waals surface area contributed by atoms with Crippen molar-refractivity contribution in [2.75, 3.05) is 6.54 Å². The minimum Gasteiger partial charge on any atom is -0.379 e. The highest BCUT2D eigenvalue weighted by Gasteiger charge is 2.61. The van der Waals surface area contributed by atoms with Crippen molar-refractivity contribution in [3.63, 3.8) is 0 Å². The molecule has 3 rings (SSSR count). The second kappa shape index (κ2) is 6.70. The minimum absolute atomic E-state index is 0.290.